The SMILES string of the molecule is CN(CC1CNCCN1C)C(=O)Nc1ccccc1. The van der Waals surface area contributed by atoms with Crippen LogP contribution in [0.15, 0.2) is 30.3 Å². The van der Waals surface area contributed by atoms with Crippen molar-refractivity contribution >= 4 is 11.7 Å². The van der Waals surface area contributed by atoms with Crippen molar-refractivity contribution in [2.24, 2.45) is 0 Å². The number of urea groups is 1. The monoisotopic (exact) mass is 262 g/mol. The lowest BCUT2D eigenvalue weighted by Gasteiger charge is -2.35. The van der Waals surface area contributed by atoms with Crippen LogP contribution in [0.25, 0.3) is 0 Å². The van der Waals surface area contributed by atoms with Gasteiger partial charge < -0.3 is 15.5 Å². The van der Waals surface area contributed by atoms with E-state index in [1.54, 1.807) is 4.90 Å². The van der Waals surface area contributed by atoms with Crippen molar-refractivity contribution in [1.29, 1.82) is 0 Å². The van der Waals surface area contributed by atoms with Crippen LogP contribution >= 0.6 is 0 Å². The number of amides is 2. The normalized spacial score (nSPS) is 20.0. The largest absolute Gasteiger partial charge is 0.326 e. The van der Waals surface area contributed by atoms with Gasteiger partial charge in [-0.2, -0.15) is 0 Å². The number of para-hydroxylation sites is 1. The Bertz CT molecular complexity index is 409. The fourth-order valence-electron chi connectivity index (χ4n) is 2.21. The van der Waals surface area contributed by atoms with Crippen molar-refractivity contribution < 1.29 is 4.79 Å². The summed E-state index contributed by atoms with van der Waals surface area (Å²) in [5.74, 6) is 0. The minimum absolute atomic E-state index is 0.0647. The molecular formula is C14H22N4O. The van der Waals surface area contributed by atoms with Crippen LogP contribution in [0.4, 0.5) is 10.5 Å². The van der Waals surface area contributed by atoms with E-state index in [2.05, 4.69) is 22.6 Å². The van der Waals surface area contributed by atoms with Crippen LogP contribution in [-0.2, 0) is 0 Å². The summed E-state index contributed by atoms with van der Waals surface area (Å²) in [6, 6.07) is 9.84. The highest BCUT2D eigenvalue weighted by molar-refractivity contribution is 5.89. The molecule has 1 aliphatic rings. The Kier molecular flexibility index (Phi) is 4.76. The first kappa shape index (κ1) is 13.8. The van der Waals surface area contributed by atoms with Gasteiger partial charge in [-0.1, -0.05) is 18.2 Å². The Balaban J connectivity index is 1.85. The van der Waals surface area contributed by atoms with Gasteiger partial charge in [0.15, 0.2) is 0 Å². The number of piperazine rings is 1. The van der Waals surface area contributed by atoms with E-state index in [9.17, 15) is 4.79 Å². The lowest BCUT2D eigenvalue weighted by atomic mass is 10.2. The number of carbonyl (C=O) groups excluding carboxylic acids is 1. The molecule has 0 aliphatic carbocycles. The van der Waals surface area contributed by atoms with Crippen LogP contribution in [0.1, 0.15) is 0 Å². The third-order valence-corrected chi connectivity index (χ3v) is 3.50. The highest BCUT2D eigenvalue weighted by Gasteiger charge is 2.21. The van der Waals surface area contributed by atoms with Gasteiger partial charge in [0, 0.05) is 45.0 Å². The van der Waals surface area contributed by atoms with E-state index in [0.717, 1.165) is 31.9 Å². The summed E-state index contributed by atoms with van der Waals surface area (Å²) in [5.41, 5.74) is 0.828. The molecule has 0 saturated carbocycles. The molecule has 2 rings (SSSR count). The van der Waals surface area contributed by atoms with Crippen LogP contribution in [0.5, 0.6) is 0 Å². The standard InChI is InChI=1S/C14H22N4O/c1-17-9-8-15-10-13(17)11-18(2)14(19)16-12-6-4-3-5-7-12/h3-7,13,15H,8-11H2,1-2H3,(H,16,19). The maximum absolute atomic E-state index is 12.1. The van der Waals surface area contributed by atoms with Crippen LogP contribution in [0.2, 0.25) is 0 Å². The Labute approximate surface area is 114 Å². The second-order valence-electron chi connectivity index (χ2n) is 5.02. The molecule has 1 unspecified atom stereocenters. The van der Waals surface area contributed by atoms with Gasteiger partial charge in [0.25, 0.3) is 0 Å². The molecule has 2 amide bonds. The molecule has 0 bridgehead atoms. The number of hydrogen-bond acceptors (Lipinski definition) is 3. The molecule has 1 aliphatic heterocycles. The fourth-order valence-corrected chi connectivity index (χ4v) is 2.21. The predicted octanol–water partition coefficient (Wildman–Crippen LogP) is 1.05. The molecule has 1 aromatic rings. The van der Waals surface area contributed by atoms with Crippen molar-refractivity contribution in [3.8, 4) is 0 Å². The quantitative estimate of drug-likeness (QED) is 0.856. The molecule has 104 valence electrons. The summed E-state index contributed by atoms with van der Waals surface area (Å²) >= 11 is 0. The molecule has 5 nitrogen and oxygen atoms in total. The molecule has 1 saturated heterocycles. The van der Waals surface area contributed by atoms with E-state index in [4.69, 9.17) is 0 Å². The summed E-state index contributed by atoms with van der Waals surface area (Å²) in [6.07, 6.45) is 0. The summed E-state index contributed by atoms with van der Waals surface area (Å²) in [4.78, 5) is 16.1. The van der Waals surface area contributed by atoms with Crippen LogP contribution in [0, 0.1) is 0 Å². The Morgan fingerprint density at radius 2 is 2.21 bits per heavy atom. The minimum atomic E-state index is -0.0647. The van der Waals surface area contributed by atoms with E-state index in [1.807, 2.05) is 37.4 Å². The predicted molar refractivity (Wildman–Crippen MR) is 77.4 cm³/mol. The molecule has 0 radical (unpaired) electrons. The van der Waals surface area contributed by atoms with Gasteiger partial charge in [-0.15, -0.1) is 0 Å². The van der Waals surface area contributed by atoms with Crippen molar-refractivity contribution in [2.75, 3.05) is 45.6 Å². The van der Waals surface area contributed by atoms with Gasteiger partial charge in [0.05, 0.1) is 0 Å². The van der Waals surface area contributed by atoms with Crippen LogP contribution in [0.3, 0.4) is 0 Å². The summed E-state index contributed by atoms with van der Waals surface area (Å²) < 4.78 is 0. The second-order valence-corrected chi connectivity index (χ2v) is 5.02. The lowest BCUT2D eigenvalue weighted by Crippen LogP contribution is -2.54. The first-order valence-electron chi connectivity index (χ1n) is 6.65. The Hall–Kier alpha value is -1.59. The zero-order chi connectivity index (χ0) is 13.7. The number of anilines is 1. The maximum atomic E-state index is 12.1. The van der Waals surface area contributed by atoms with E-state index >= 15 is 0 Å². The fraction of sp³-hybridized carbons (Fsp3) is 0.500. The molecule has 1 fully saturated rings. The zero-order valence-corrected chi connectivity index (χ0v) is 11.6. The number of hydrogen-bond donors (Lipinski definition) is 2. The third kappa shape index (κ3) is 3.94. The van der Waals surface area contributed by atoms with Gasteiger partial charge in [-0.25, -0.2) is 4.79 Å². The first-order valence-corrected chi connectivity index (χ1v) is 6.65. The zero-order valence-electron chi connectivity index (χ0n) is 11.6. The maximum Gasteiger partial charge on any atom is 0.321 e. The number of rotatable bonds is 3. The molecule has 1 atom stereocenters. The summed E-state index contributed by atoms with van der Waals surface area (Å²) in [6.45, 7) is 3.70. The number of nitrogens with zero attached hydrogens (tertiary/aromatic N) is 2. The number of benzene rings is 1. The Morgan fingerprint density at radius 1 is 1.47 bits per heavy atom. The number of likely N-dealkylation sites (N-methyl/N-ethyl adjacent to an activating group) is 2. The third-order valence-electron chi connectivity index (χ3n) is 3.50. The van der Waals surface area contributed by atoms with Gasteiger partial charge >= 0.3 is 6.03 Å². The van der Waals surface area contributed by atoms with E-state index < -0.39 is 0 Å². The summed E-state index contributed by atoms with van der Waals surface area (Å²) in [7, 11) is 3.94. The highest BCUT2D eigenvalue weighted by atomic mass is 16.2. The highest BCUT2D eigenvalue weighted by Crippen LogP contribution is 2.07. The smallest absolute Gasteiger partial charge is 0.321 e. The molecule has 0 spiro atoms. The van der Waals surface area contributed by atoms with Crippen molar-refractivity contribution in [3.05, 3.63) is 30.3 Å². The molecule has 1 heterocycles. The topological polar surface area (TPSA) is 47.6 Å². The van der Waals surface area contributed by atoms with Gasteiger partial charge in [0.2, 0.25) is 0 Å². The van der Waals surface area contributed by atoms with Gasteiger partial charge in [-0.3, -0.25) is 4.90 Å². The molecule has 5 heteroatoms. The molecule has 19 heavy (non-hydrogen) atoms. The average Bonchev–Trinajstić information content (AvgIpc) is 2.42. The van der Waals surface area contributed by atoms with E-state index in [-0.39, 0.29) is 6.03 Å². The van der Waals surface area contributed by atoms with Gasteiger partial charge in [0.1, 0.15) is 0 Å². The van der Waals surface area contributed by atoms with E-state index in [1.165, 1.54) is 0 Å². The van der Waals surface area contributed by atoms with Crippen LogP contribution in [-0.4, -0.2) is 62.1 Å². The Morgan fingerprint density at radius 3 is 2.89 bits per heavy atom. The number of carbonyl (C=O) groups is 1. The number of nitrogens with one attached hydrogen (secondary N) is 2. The summed E-state index contributed by atoms with van der Waals surface area (Å²) in [5, 5.41) is 6.25. The molecule has 1 aromatic carbocycles. The second kappa shape index (κ2) is 6.54. The van der Waals surface area contributed by atoms with Crippen molar-refractivity contribution in [3.63, 3.8) is 0 Å². The van der Waals surface area contributed by atoms with Gasteiger partial charge in [-0.05, 0) is 19.2 Å². The molecule has 0 aromatic heterocycles. The van der Waals surface area contributed by atoms with E-state index in [0.29, 0.717) is 6.04 Å². The minimum Gasteiger partial charge on any atom is -0.326 e. The lowest BCUT2D eigenvalue weighted by molar-refractivity contribution is 0.158. The van der Waals surface area contributed by atoms with Crippen molar-refractivity contribution in [2.45, 2.75) is 6.04 Å². The molecular weight excluding hydrogens is 240 g/mol. The van der Waals surface area contributed by atoms with Crippen molar-refractivity contribution in [1.82, 2.24) is 15.1 Å². The molecule has 2 N–H and O–H groups in total. The average molecular weight is 262 g/mol. The van der Waals surface area contributed by atoms with Crippen LogP contribution < -0.4 is 10.6 Å². The first-order chi connectivity index (χ1) is 9.16.